The lowest BCUT2D eigenvalue weighted by atomic mass is 9.71. The SMILES string of the molecule is C=C=C(c1ccc(Br)cc1)[C@]1(O)C(=O)N(c2ccc(OC)cc2)[C@H]1[C@H]1COC(C)(C)O1. The first kappa shape index (κ1) is 21.8. The van der Waals surface area contributed by atoms with E-state index in [1.807, 2.05) is 38.1 Å². The first-order valence-corrected chi connectivity index (χ1v) is 10.7. The maximum atomic E-state index is 13.5. The Morgan fingerprint density at radius 1 is 1.23 bits per heavy atom. The van der Waals surface area contributed by atoms with E-state index in [4.69, 9.17) is 14.2 Å². The number of ether oxygens (including phenoxy) is 3. The molecule has 0 saturated carbocycles. The average Bonchev–Trinajstić information content (AvgIpc) is 3.12. The van der Waals surface area contributed by atoms with Crippen LogP contribution < -0.4 is 9.64 Å². The van der Waals surface area contributed by atoms with Crippen molar-refractivity contribution in [3.8, 4) is 5.75 Å². The summed E-state index contributed by atoms with van der Waals surface area (Å²) in [4.78, 5) is 15.0. The Bertz CT molecular complexity index is 1040. The Kier molecular flexibility index (Phi) is 5.58. The molecule has 2 aromatic rings. The second kappa shape index (κ2) is 7.93. The zero-order valence-electron chi connectivity index (χ0n) is 17.6. The molecule has 2 fully saturated rings. The highest BCUT2D eigenvalue weighted by atomic mass is 79.9. The highest BCUT2D eigenvalue weighted by molar-refractivity contribution is 9.10. The fourth-order valence-corrected chi connectivity index (χ4v) is 4.48. The predicted molar refractivity (Wildman–Crippen MR) is 121 cm³/mol. The third-order valence-electron chi connectivity index (χ3n) is 5.68. The van der Waals surface area contributed by atoms with Crippen molar-refractivity contribution in [3.05, 3.63) is 70.9 Å². The minimum atomic E-state index is -1.86. The number of carbonyl (C=O) groups is 1. The third kappa shape index (κ3) is 3.63. The summed E-state index contributed by atoms with van der Waals surface area (Å²) >= 11 is 3.41. The standard InChI is InChI=1S/C24H24BrNO5/c1-5-19(15-6-8-16(25)9-7-15)24(28)21(20-14-30-23(2,3)31-20)26(22(24)27)17-10-12-18(29-4)13-11-17/h6-13,20-21,28H,1,14H2,2-4H3/t20-,21+,24-/m1/s1. The maximum Gasteiger partial charge on any atom is 0.267 e. The highest BCUT2D eigenvalue weighted by Gasteiger charge is 2.67. The quantitative estimate of drug-likeness (QED) is 0.513. The van der Waals surface area contributed by atoms with Gasteiger partial charge in [0.15, 0.2) is 11.4 Å². The van der Waals surface area contributed by atoms with Gasteiger partial charge in [-0.15, -0.1) is 5.73 Å². The lowest BCUT2D eigenvalue weighted by Gasteiger charge is -2.55. The molecule has 1 N–H and O–H groups in total. The second-order valence-corrected chi connectivity index (χ2v) is 8.93. The number of amides is 1. The lowest BCUT2D eigenvalue weighted by molar-refractivity contribution is -0.165. The van der Waals surface area contributed by atoms with Crippen molar-refractivity contribution in [2.45, 2.75) is 37.4 Å². The summed E-state index contributed by atoms with van der Waals surface area (Å²) in [5.74, 6) is -0.609. The van der Waals surface area contributed by atoms with Gasteiger partial charge in [0.25, 0.3) is 5.91 Å². The molecule has 0 bridgehead atoms. The molecule has 7 heteroatoms. The van der Waals surface area contributed by atoms with Crippen molar-refractivity contribution in [2.24, 2.45) is 0 Å². The van der Waals surface area contributed by atoms with E-state index in [2.05, 4.69) is 28.2 Å². The number of benzene rings is 2. The van der Waals surface area contributed by atoms with Gasteiger partial charge in [-0.05, 0) is 55.8 Å². The normalized spacial score (nSPS) is 26.9. The molecule has 3 atom stereocenters. The molecule has 0 aliphatic carbocycles. The summed E-state index contributed by atoms with van der Waals surface area (Å²) in [6, 6.07) is 13.7. The molecule has 2 saturated heterocycles. The van der Waals surface area contributed by atoms with Crippen LogP contribution in [-0.4, -0.2) is 48.3 Å². The number of halogens is 1. The fraction of sp³-hybridized carbons (Fsp3) is 0.333. The molecule has 0 unspecified atom stereocenters. The molecule has 0 radical (unpaired) electrons. The van der Waals surface area contributed by atoms with Crippen LogP contribution >= 0.6 is 15.9 Å². The van der Waals surface area contributed by atoms with E-state index >= 15 is 0 Å². The first-order chi connectivity index (χ1) is 14.7. The number of carbonyl (C=O) groups excluding carboxylic acids is 1. The molecule has 2 heterocycles. The summed E-state index contributed by atoms with van der Waals surface area (Å²) < 4.78 is 17.9. The summed E-state index contributed by atoms with van der Waals surface area (Å²) in [7, 11) is 1.58. The van der Waals surface area contributed by atoms with E-state index in [-0.39, 0.29) is 6.61 Å². The molecular weight excluding hydrogens is 462 g/mol. The van der Waals surface area contributed by atoms with Gasteiger partial charge in [0, 0.05) is 15.7 Å². The van der Waals surface area contributed by atoms with Gasteiger partial charge in [-0.1, -0.05) is 34.6 Å². The molecule has 2 aliphatic heterocycles. The molecular formula is C24H24BrNO5. The van der Waals surface area contributed by atoms with Crippen molar-refractivity contribution in [1.29, 1.82) is 0 Å². The molecule has 2 aromatic carbocycles. The van der Waals surface area contributed by atoms with Gasteiger partial charge in [0.1, 0.15) is 17.9 Å². The number of hydrogen-bond acceptors (Lipinski definition) is 5. The van der Waals surface area contributed by atoms with Crippen LogP contribution in [0.1, 0.15) is 19.4 Å². The zero-order valence-corrected chi connectivity index (χ0v) is 19.2. The van der Waals surface area contributed by atoms with E-state index in [0.29, 0.717) is 22.6 Å². The minimum absolute atomic E-state index is 0.241. The number of anilines is 1. The summed E-state index contributed by atoms with van der Waals surface area (Å²) in [5.41, 5.74) is 2.56. The lowest BCUT2D eigenvalue weighted by Crippen LogP contribution is -2.78. The van der Waals surface area contributed by atoms with Crippen molar-refractivity contribution >= 4 is 33.1 Å². The molecule has 4 rings (SSSR count). The number of methoxy groups -OCH3 is 1. The second-order valence-electron chi connectivity index (χ2n) is 8.01. The van der Waals surface area contributed by atoms with Crippen LogP contribution in [0.4, 0.5) is 5.69 Å². The summed E-state index contributed by atoms with van der Waals surface area (Å²) in [6.45, 7) is 7.62. The van der Waals surface area contributed by atoms with E-state index in [1.54, 1.807) is 36.3 Å². The molecule has 31 heavy (non-hydrogen) atoms. The first-order valence-electron chi connectivity index (χ1n) is 9.89. The minimum Gasteiger partial charge on any atom is -0.497 e. The van der Waals surface area contributed by atoms with Crippen LogP contribution in [0.15, 0.2) is 65.3 Å². The van der Waals surface area contributed by atoms with Crippen molar-refractivity contribution in [1.82, 2.24) is 0 Å². The topological polar surface area (TPSA) is 68.2 Å². The predicted octanol–water partition coefficient (Wildman–Crippen LogP) is 3.92. The largest absolute Gasteiger partial charge is 0.497 e. The molecule has 162 valence electrons. The summed E-state index contributed by atoms with van der Waals surface area (Å²) in [5, 5.41) is 11.8. The third-order valence-corrected chi connectivity index (χ3v) is 6.20. The monoisotopic (exact) mass is 485 g/mol. The maximum absolute atomic E-state index is 13.5. The Hall–Kier alpha value is -2.41. The molecule has 2 aliphatic rings. The zero-order chi connectivity index (χ0) is 22.4. The van der Waals surface area contributed by atoms with Crippen LogP contribution in [0.25, 0.3) is 5.57 Å². The summed E-state index contributed by atoms with van der Waals surface area (Å²) in [6.07, 6.45) is -0.543. The smallest absolute Gasteiger partial charge is 0.267 e. The van der Waals surface area contributed by atoms with Crippen molar-refractivity contribution < 1.29 is 24.1 Å². The van der Waals surface area contributed by atoms with Gasteiger partial charge in [-0.25, -0.2) is 0 Å². The number of nitrogens with zero attached hydrogens (tertiary/aromatic N) is 1. The average molecular weight is 486 g/mol. The number of rotatable bonds is 5. The molecule has 6 nitrogen and oxygen atoms in total. The van der Waals surface area contributed by atoms with Crippen molar-refractivity contribution in [2.75, 3.05) is 18.6 Å². The highest BCUT2D eigenvalue weighted by Crippen LogP contribution is 2.48. The molecule has 0 aromatic heterocycles. The van der Waals surface area contributed by atoms with E-state index in [9.17, 15) is 9.90 Å². The van der Waals surface area contributed by atoms with Crippen LogP contribution in [0, 0.1) is 0 Å². The Morgan fingerprint density at radius 2 is 1.87 bits per heavy atom. The van der Waals surface area contributed by atoms with Crippen LogP contribution in [0.3, 0.4) is 0 Å². The van der Waals surface area contributed by atoms with Crippen LogP contribution in [0.5, 0.6) is 5.75 Å². The van der Waals surface area contributed by atoms with Gasteiger partial charge < -0.3 is 19.3 Å². The number of hydrogen-bond donors (Lipinski definition) is 1. The Balaban J connectivity index is 1.77. The van der Waals surface area contributed by atoms with Crippen molar-refractivity contribution in [3.63, 3.8) is 0 Å². The van der Waals surface area contributed by atoms with Gasteiger partial charge in [-0.3, -0.25) is 9.69 Å². The number of β-lactam (4-membered cyclic amide) rings is 1. The van der Waals surface area contributed by atoms with Gasteiger partial charge in [0.05, 0.1) is 13.7 Å². The van der Waals surface area contributed by atoms with E-state index in [1.165, 1.54) is 0 Å². The number of aliphatic hydroxyl groups is 1. The Morgan fingerprint density at radius 3 is 2.39 bits per heavy atom. The van der Waals surface area contributed by atoms with Gasteiger partial charge in [0.2, 0.25) is 0 Å². The van der Waals surface area contributed by atoms with E-state index < -0.39 is 29.4 Å². The van der Waals surface area contributed by atoms with Gasteiger partial charge >= 0.3 is 0 Å². The molecule has 0 spiro atoms. The Labute approximate surface area is 189 Å². The van der Waals surface area contributed by atoms with Crippen LogP contribution in [0.2, 0.25) is 0 Å². The fourth-order valence-electron chi connectivity index (χ4n) is 4.21. The van der Waals surface area contributed by atoms with E-state index in [0.717, 1.165) is 4.47 Å². The molecule has 1 amide bonds. The van der Waals surface area contributed by atoms with Gasteiger partial charge in [-0.2, -0.15) is 0 Å². The van der Waals surface area contributed by atoms with Crippen LogP contribution in [-0.2, 0) is 14.3 Å².